The summed E-state index contributed by atoms with van der Waals surface area (Å²) in [5.41, 5.74) is 3.30. The molecule has 0 radical (unpaired) electrons. The highest BCUT2D eigenvalue weighted by Crippen LogP contribution is 2.44. The molecule has 6 nitrogen and oxygen atoms in total. The van der Waals surface area contributed by atoms with Gasteiger partial charge >= 0.3 is 0 Å². The van der Waals surface area contributed by atoms with Crippen LogP contribution in [0.5, 0.6) is 11.5 Å². The van der Waals surface area contributed by atoms with E-state index in [0.717, 1.165) is 0 Å². The molecule has 1 aromatic heterocycles. The van der Waals surface area contributed by atoms with Gasteiger partial charge in [-0.2, -0.15) is 0 Å². The molecule has 0 atom stereocenters. The molecule has 6 heteroatoms. The van der Waals surface area contributed by atoms with E-state index in [2.05, 4.69) is 9.97 Å². The van der Waals surface area contributed by atoms with Crippen LogP contribution in [-0.4, -0.2) is 35.8 Å². The van der Waals surface area contributed by atoms with Crippen LogP contribution in [0.15, 0.2) is 24.3 Å². The number of ketones is 2. The second kappa shape index (κ2) is 5.62. The fourth-order valence-electron chi connectivity index (χ4n) is 3.36. The highest BCUT2D eigenvalue weighted by atomic mass is 16.5. The van der Waals surface area contributed by atoms with Gasteiger partial charge in [0.05, 0.1) is 36.7 Å². The Morgan fingerprint density at radius 2 is 1.12 bits per heavy atom. The molecule has 1 heterocycles. The zero-order chi connectivity index (χ0) is 18.6. The van der Waals surface area contributed by atoms with E-state index in [1.165, 1.54) is 14.2 Å². The Kier molecular flexibility index (Phi) is 3.50. The number of hydrogen-bond donors (Lipinski definition) is 0. The van der Waals surface area contributed by atoms with Crippen molar-refractivity contribution in [3.8, 4) is 11.5 Å². The predicted molar refractivity (Wildman–Crippen MR) is 95.4 cm³/mol. The Morgan fingerprint density at radius 3 is 1.46 bits per heavy atom. The van der Waals surface area contributed by atoms with Crippen molar-refractivity contribution in [3.05, 3.63) is 57.9 Å². The summed E-state index contributed by atoms with van der Waals surface area (Å²) in [6.07, 6.45) is 0. The lowest BCUT2D eigenvalue weighted by Crippen LogP contribution is -2.23. The molecule has 0 aliphatic heterocycles. The molecule has 0 amide bonds. The third-order valence-electron chi connectivity index (χ3n) is 4.72. The maximum atomic E-state index is 13.2. The molecule has 3 aromatic rings. The molecule has 26 heavy (non-hydrogen) atoms. The lowest BCUT2D eigenvalue weighted by molar-refractivity contribution is 0.0974. The Morgan fingerprint density at radius 1 is 0.731 bits per heavy atom. The summed E-state index contributed by atoms with van der Waals surface area (Å²) in [7, 11) is 2.91. The molecule has 130 valence electrons. The molecule has 2 aromatic carbocycles. The SMILES string of the molecule is COc1c2c(c(OC)c3nc(C)c(C)nc13)C(=O)c1ccccc1C2=O. The highest BCUT2D eigenvalue weighted by Gasteiger charge is 2.37. The number of ether oxygens (including phenoxy) is 2. The average Bonchev–Trinajstić information content (AvgIpc) is 2.65. The molecule has 0 bridgehead atoms. The van der Waals surface area contributed by atoms with Crippen molar-refractivity contribution in [1.29, 1.82) is 0 Å². The summed E-state index contributed by atoms with van der Waals surface area (Å²) in [6, 6.07) is 6.74. The lowest BCUT2D eigenvalue weighted by atomic mass is 9.82. The van der Waals surface area contributed by atoms with Crippen molar-refractivity contribution in [2.75, 3.05) is 14.2 Å². The van der Waals surface area contributed by atoms with Gasteiger partial charge in [-0.15, -0.1) is 0 Å². The van der Waals surface area contributed by atoms with Crippen molar-refractivity contribution >= 4 is 22.6 Å². The number of benzene rings is 2. The van der Waals surface area contributed by atoms with Crippen LogP contribution < -0.4 is 9.47 Å². The highest BCUT2D eigenvalue weighted by molar-refractivity contribution is 6.32. The van der Waals surface area contributed by atoms with E-state index in [-0.39, 0.29) is 34.2 Å². The predicted octanol–water partition coefficient (Wildman–Crippen LogP) is 3.04. The molecule has 0 saturated heterocycles. The zero-order valence-corrected chi connectivity index (χ0v) is 14.8. The quantitative estimate of drug-likeness (QED) is 0.554. The lowest BCUT2D eigenvalue weighted by Gasteiger charge is -2.23. The normalized spacial score (nSPS) is 12.8. The average molecular weight is 348 g/mol. The van der Waals surface area contributed by atoms with Crippen molar-refractivity contribution in [2.24, 2.45) is 0 Å². The number of carbonyl (C=O) groups excluding carboxylic acids is 2. The molecule has 1 aliphatic carbocycles. The van der Waals surface area contributed by atoms with E-state index >= 15 is 0 Å². The smallest absolute Gasteiger partial charge is 0.198 e. The summed E-state index contributed by atoms with van der Waals surface area (Å²) in [4.78, 5) is 35.4. The number of hydrogen-bond acceptors (Lipinski definition) is 6. The van der Waals surface area contributed by atoms with Crippen LogP contribution in [0.3, 0.4) is 0 Å². The number of aromatic nitrogens is 2. The molecule has 1 aliphatic rings. The topological polar surface area (TPSA) is 78.4 Å². The molecular formula is C20H16N2O4. The summed E-state index contributed by atoms with van der Waals surface area (Å²) in [5.74, 6) is -0.0712. The second-order valence-electron chi connectivity index (χ2n) is 6.11. The van der Waals surface area contributed by atoms with E-state index in [1.807, 2.05) is 13.8 Å². The first-order chi connectivity index (χ1) is 12.5. The van der Waals surface area contributed by atoms with Gasteiger partial charge in [0.1, 0.15) is 11.0 Å². The van der Waals surface area contributed by atoms with Crippen molar-refractivity contribution in [3.63, 3.8) is 0 Å². The molecule has 0 fully saturated rings. The molecular weight excluding hydrogens is 332 g/mol. The summed E-state index contributed by atoms with van der Waals surface area (Å²) < 4.78 is 11.0. The zero-order valence-electron chi connectivity index (χ0n) is 14.8. The van der Waals surface area contributed by atoms with Gasteiger partial charge in [0.2, 0.25) is 0 Å². The van der Waals surface area contributed by atoms with Gasteiger partial charge in [-0.3, -0.25) is 9.59 Å². The summed E-state index contributed by atoms with van der Waals surface area (Å²) in [5, 5.41) is 0. The standard InChI is InChI=1S/C20H16N2O4/c1-9-10(2)22-16-15(21-9)19(25-3)13-14(20(16)26-4)18(24)12-8-6-5-7-11(12)17(13)23/h5-8H,1-4H3. The molecule has 0 N–H and O–H groups in total. The van der Waals surface area contributed by atoms with Crippen LogP contribution in [0.2, 0.25) is 0 Å². The van der Waals surface area contributed by atoms with E-state index in [9.17, 15) is 9.59 Å². The Bertz CT molecular complexity index is 1030. The molecule has 4 rings (SSSR count). The number of nitrogens with zero attached hydrogens (tertiary/aromatic N) is 2. The molecule has 0 saturated carbocycles. The number of methoxy groups -OCH3 is 2. The first-order valence-electron chi connectivity index (χ1n) is 8.10. The van der Waals surface area contributed by atoms with Crippen LogP contribution in [0.25, 0.3) is 11.0 Å². The minimum absolute atomic E-state index is 0.179. The van der Waals surface area contributed by atoms with Gasteiger partial charge in [-0.1, -0.05) is 24.3 Å². The van der Waals surface area contributed by atoms with Crippen LogP contribution in [0.1, 0.15) is 43.2 Å². The maximum Gasteiger partial charge on any atom is 0.198 e. The van der Waals surface area contributed by atoms with E-state index in [1.54, 1.807) is 24.3 Å². The number of carbonyl (C=O) groups is 2. The minimum Gasteiger partial charge on any atom is -0.494 e. The van der Waals surface area contributed by atoms with Crippen LogP contribution in [-0.2, 0) is 0 Å². The number of fused-ring (bicyclic) bond motifs is 3. The largest absolute Gasteiger partial charge is 0.494 e. The van der Waals surface area contributed by atoms with Crippen LogP contribution in [0.4, 0.5) is 0 Å². The molecule has 0 spiro atoms. The summed E-state index contributed by atoms with van der Waals surface area (Å²) >= 11 is 0. The van der Waals surface area contributed by atoms with Crippen molar-refractivity contribution in [2.45, 2.75) is 13.8 Å². The van der Waals surface area contributed by atoms with Gasteiger partial charge in [0, 0.05) is 11.1 Å². The van der Waals surface area contributed by atoms with E-state index < -0.39 is 0 Å². The maximum absolute atomic E-state index is 13.2. The van der Waals surface area contributed by atoms with Gasteiger partial charge < -0.3 is 9.47 Å². The second-order valence-corrected chi connectivity index (χ2v) is 6.11. The monoisotopic (exact) mass is 348 g/mol. The fourth-order valence-corrected chi connectivity index (χ4v) is 3.36. The van der Waals surface area contributed by atoms with Gasteiger partial charge in [0.15, 0.2) is 23.1 Å². The third-order valence-corrected chi connectivity index (χ3v) is 4.72. The van der Waals surface area contributed by atoms with Gasteiger partial charge in [-0.25, -0.2) is 9.97 Å². The first kappa shape index (κ1) is 16.2. The summed E-state index contributed by atoms with van der Waals surface area (Å²) in [6.45, 7) is 3.66. The fraction of sp³-hybridized carbons (Fsp3) is 0.200. The Hall–Kier alpha value is -3.28. The third kappa shape index (κ3) is 1.98. The Labute approximate surface area is 149 Å². The van der Waals surface area contributed by atoms with E-state index in [0.29, 0.717) is 33.5 Å². The number of rotatable bonds is 2. The van der Waals surface area contributed by atoms with Crippen LogP contribution >= 0.6 is 0 Å². The first-order valence-corrected chi connectivity index (χ1v) is 8.10. The van der Waals surface area contributed by atoms with Gasteiger partial charge in [0.25, 0.3) is 0 Å². The minimum atomic E-state index is -0.285. The number of aryl methyl sites for hydroxylation is 2. The van der Waals surface area contributed by atoms with Crippen molar-refractivity contribution in [1.82, 2.24) is 9.97 Å². The van der Waals surface area contributed by atoms with E-state index in [4.69, 9.17) is 9.47 Å². The van der Waals surface area contributed by atoms with Crippen LogP contribution in [0, 0.1) is 13.8 Å². The van der Waals surface area contributed by atoms with Gasteiger partial charge in [-0.05, 0) is 13.8 Å². The molecule has 0 unspecified atom stereocenters. The Balaban J connectivity index is 2.22. The van der Waals surface area contributed by atoms with Crippen molar-refractivity contribution < 1.29 is 19.1 Å².